The fourth-order valence-electron chi connectivity index (χ4n) is 2.38. The highest BCUT2D eigenvalue weighted by Gasteiger charge is 2.28. The Balaban J connectivity index is 2.35. The van der Waals surface area contributed by atoms with Gasteiger partial charge in [-0.15, -0.1) is 0 Å². The molecule has 0 aliphatic heterocycles. The van der Waals surface area contributed by atoms with Crippen molar-refractivity contribution in [3.8, 4) is 0 Å². The van der Waals surface area contributed by atoms with E-state index in [9.17, 15) is 13.2 Å². The minimum Gasteiger partial charge on any atom is -0.324 e. The van der Waals surface area contributed by atoms with Gasteiger partial charge >= 0.3 is 10.2 Å². The standard InChI is InChI=1S/C18H21BrClN3O3S/c1-12-5-6-13(2)17(9-12)23(27(25,26)22(3)4)11-18(24)21-14-7-8-15(19)16(20)10-14/h5-10H,11H2,1-4H3,(H,21,24). The molecule has 2 aromatic rings. The van der Waals surface area contributed by atoms with Gasteiger partial charge in [-0.2, -0.15) is 12.7 Å². The molecule has 146 valence electrons. The number of rotatable bonds is 6. The van der Waals surface area contributed by atoms with Crippen LogP contribution in [0.25, 0.3) is 0 Å². The molecule has 0 bridgehead atoms. The third-order valence-electron chi connectivity index (χ3n) is 3.86. The summed E-state index contributed by atoms with van der Waals surface area (Å²) in [6.07, 6.45) is 0. The molecule has 1 N–H and O–H groups in total. The number of carbonyl (C=O) groups excluding carboxylic acids is 1. The molecule has 0 atom stereocenters. The minimum absolute atomic E-state index is 0.363. The van der Waals surface area contributed by atoms with E-state index in [0.717, 1.165) is 19.7 Å². The van der Waals surface area contributed by atoms with Gasteiger partial charge in [-0.25, -0.2) is 4.31 Å². The molecule has 1 amide bonds. The molecule has 27 heavy (non-hydrogen) atoms. The second-order valence-electron chi connectivity index (χ2n) is 6.26. The summed E-state index contributed by atoms with van der Waals surface area (Å²) in [5, 5.41) is 3.13. The number of halogens is 2. The molecule has 0 heterocycles. The van der Waals surface area contributed by atoms with Crippen LogP contribution in [0.2, 0.25) is 5.02 Å². The van der Waals surface area contributed by atoms with Crippen LogP contribution in [0.5, 0.6) is 0 Å². The lowest BCUT2D eigenvalue weighted by atomic mass is 10.1. The van der Waals surface area contributed by atoms with Gasteiger partial charge in [-0.3, -0.25) is 4.79 Å². The van der Waals surface area contributed by atoms with Crippen molar-refractivity contribution in [1.29, 1.82) is 0 Å². The summed E-state index contributed by atoms with van der Waals surface area (Å²) in [4.78, 5) is 12.6. The highest BCUT2D eigenvalue weighted by atomic mass is 79.9. The normalized spacial score (nSPS) is 11.5. The molecule has 0 fully saturated rings. The molecule has 0 aliphatic rings. The Morgan fingerprint density at radius 2 is 1.81 bits per heavy atom. The van der Waals surface area contributed by atoms with Crippen LogP contribution in [0, 0.1) is 13.8 Å². The maximum absolute atomic E-state index is 12.8. The van der Waals surface area contributed by atoms with Gasteiger partial charge in [0.25, 0.3) is 0 Å². The molecule has 0 radical (unpaired) electrons. The van der Waals surface area contributed by atoms with Crippen LogP contribution in [0.15, 0.2) is 40.9 Å². The van der Waals surface area contributed by atoms with Gasteiger partial charge in [-0.05, 0) is 65.2 Å². The fraction of sp³-hybridized carbons (Fsp3) is 0.278. The molecule has 0 aromatic heterocycles. The van der Waals surface area contributed by atoms with Crippen LogP contribution in [0.4, 0.5) is 11.4 Å². The summed E-state index contributed by atoms with van der Waals surface area (Å²) in [7, 11) is -1.00. The third kappa shape index (κ3) is 5.22. The van der Waals surface area contributed by atoms with E-state index >= 15 is 0 Å². The van der Waals surface area contributed by atoms with E-state index in [1.165, 1.54) is 14.1 Å². The maximum Gasteiger partial charge on any atom is 0.304 e. The molecule has 0 aliphatic carbocycles. The van der Waals surface area contributed by atoms with E-state index in [-0.39, 0.29) is 6.54 Å². The number of hydrogen-bond donors (Lipinski definition) is 1. The van der Waals surface area contributed by atoms with Crippen LogP contribution >= 0.6 is 27.5 Å². The first-order valence-electron chi connectivity index (χ1n) is 8.04. The maximum atomic E-state index is 12.8. The molecule has 0 spiro atoms. The van der Waals surface area contributed by atoms with E-state index in [4.69, 9.17) is 11.6 Å². The van der Waals surface area contributed by atoms with Gasteiger partial charge < -0.3 is 5.32 Å². The monoisotopic (exact) mass is 473 g/mol. The number of nitrogens with one attached hydrogen (secondary N) is 1. The van der Waals surface area contributed by atoms with Gasteiger partial charge in [0.05, 0.1) is 10.7 Å². The lowest BCUT2D eigenvalue weighted by Crippen LogP contribution is -2.44. The summed E-state index contributed by atoms with van der Waals surface area (Å²) >= 11 is 9.33. The number of carbonyl (C=O) groups is 1. The van der Waals surface area contributed by atoms with Crippen LogP contribution in [-0.4, -0.2) is 39.3 Å². The Kier molecular flexibility index (Phi) is 6.91. The number of amides is 1. The van der Waals surface area contributed by atoms with Crippen LogP contribution in [-0.2, 0) is 15.0 Å². The van der Waals surface area contributed by atoms with Gasteiger partial charge in [0.2, 0.25) is 5.91 Å². The van der Waals surface area contributed by atoms with Crippen LogP contribution in [0.1, 0.15) is 11.1 Å². The zero-order chi connectivity index (χ0) is 20.4. The van der Waals surface area contributed by atoms with Crippen LogP contribution in [0.3, 0.4) is 0 Å². The first-order valence-corrected chi connectivity index (χ1v) is 10.6. The Morgan fingerprint density at radius 3 is 2.41 bits per heavy atom. The molecule has 0 unspecified atom stereocenters. The molecule has 0 saturated carbocycles. The average molecular weight is 475 g/mol. The zero-order valence-electron chi connectivity index (χ0n) is 15.5. The van der Waals surface area contributed by atoms with E-state index in [1.54, 1.807) is 31.2 Å². The highest BCUT2D eigenvalue weighted by Crippen LogP contribution is 2.27. The molecule has 9 heteroatoms. The Morgan fingerprint density at radius 1 is 1.15 bits per heavy atom. The van der Waals surface area contributed by atoms with E-state index < -0.39 is 16.1 Å². The van der Waals surface area contributed by atoms with Crippen molar-refractivity contribution in [3.05, 3.63) is 57.0 Å². The van der Waals surface area contributed by atoms with Crippen molar-refractivity contribution in [2.75, 3.05) is 30.3 Å². The molecule has 6 nitrogen and oxygen atoms in total. The topological polar surface area (TPSA) is 69.7 Å². The van der Waals surface area contributed by atoms with Crippen molar-refractivity contribution >= 4 is 55.0 Å². The predicted molar refractivity (Wildman–Crippen MR) is 114 cm³/mol. The van der Waals surface area contributed by atoms with Gasteiger partial charge in [0.15, 0.2) is 0 Å². The highest BCUT2D eigenvalue weighted by molar-refractivity contribution is 9.10. The molecular formula is C18H21BrClN3O3S. The molecule has 2 aromatic carbocycles. The summed E-state index contributed by atoms with van der Waals surface area (Å²) in [5.41, 5.74) is 2.60. The fourth-order valence-corrected chi connectivity index (χ4v) is 3.93. The Labute approximate surface area is 173 Å². The minimum atomic E-state index is -3.86. The summed E-state index contributed by atoms with van der Waals surface area (Å²) in [5.74, 6) is -0.472. The zero-order valence-corrected chi connectivity index (χ0v) is 18.6. The molecule has 2 rings (SSSR count). The summed E-state index contributed by atoms with van der Waals surface area (Å²) < 4.78 is 28.5. The Bertz CT molecular complexity index is 964. The van der Waals surface area contributed by atoms with Gasteiger partial charge in [0.1, 0.15) is 6.54 Å². The summed E-state index contributed by atoms with van der Waals surface area (Å²) in [6, 6.07) is 10.4. The lowest BCUT2D eigenvalue weighted by molar-refractivity contribution is -0.114. The Hall–Kier alpha value is -1.61. The molecule has 0 saturated heterocycles. The number of nitrogens with zero attached hydrogens (tertiary/aromatic N) is 2. The van der Waals surface area contributed by atoms with Crippen molar-refractivity contribution in [2.45, 2.75) is 13.8 Å². The number of benzene rings is 2. The first kappa shape index (κ1) is 21.7. The molecular weight excluding hydrogens is 454 g/mol. The largest absolute Gasteiger partial charge is 0.324 e. The van der Waals surface area contributed by atoms with E-state index in [2.05, 4.69) is 21.2 Å². The lowest BCUT2D eigenvalue weighted by Gasteiger charge is -2.28. The quantitative estimate of drug-likeness (QED) is 0.689. The van der Waals surface area contributed by atoms with E-state index in [1.807, 2.05) is 19.1 Å². The number of anilines is 2. The second-order valence-corrected chi connectivity index (χ2v) is 9.59. The number of hydrogen-bond acceptors (Lipinski definition) is 3. The first-order chi connectivity index (χ1) is 12.5. The average Bonchev–Trinajstić information content (AvgIpc) is 2.58. The second kappa shape index (κ2) is 8.60. The third-order valence-corrected chi connectivity index (χ3v) is 6.90. The number of aryl methyl sites for hydroxylation is 2. The van der Waals surface area contributed by atoms with Crippen LogP contribution < -0.4 is 9.62 Å². The smallest absolute Gasteiger partial charge is 0.304 e. The van der Waals surface area contributed by atoms with Crippen molar-refractivity contribution in [1.82, 2.24) is 4.31 Å². The van der Waals surface area contributed by atoms with E-state index in [0.29, 0.717) is 20.9 Å². The summed E-state index contributed by atoms with van der Waals surface area (Å²) in [6.45, 7) is 3.31. The predicted octanol–water partition coefficient (Wildman–Crippen LogP) is 3.97. The van der Waals surface area contributed by atoms with Crippen molar-refractivity contribution < 1.29 is 13.2 Å². The SMILES string of the molecule is Cc1ccc(C)c(N(CC(=O)Nc2ccc(Br)c(Cl)c2)S(=O)(=O)N(C)C)c1. The van der Waals surface area contributed by atoms with Gasteiger partial charge in [0, 0.05) is 24.3 Å². The van der Waals surface area contributed by atoms with Gasteiger partial charge in [-0.1, -0.05) is 23.7 Å². The van der Waals surface area contributed by atoms with Crippen molar-refractivity contribution in [2.24, 2.45) is 0 Å². The van der Waals surface area contributed by atoms with Crippen molar-refractivity contribution in [3.63, 3.8) is 0 Å².